The molecule has 0 saturated carbocycles. The highest BCUT2D eigenvalue weighted by Gasteiger charge is 2.32. The molecule has 0 amide bonds. The zero-order chi connectivity index (χ0) is 26.6. The van der Waals surface area contributed by atoms with Crippen LogP contribution in [0.1, 0.15) is 58.1 Å². The lowest BCUT2D eigenvalue weighted by Gasteiger charge is -2.36. The highest BCUT2D eigenvalue weighted by molar-refractivity contribution is 5.73. The Labute approximate surface area is 218 Å². The molecule has 2 atom stereocenters. The lowest BCUT2D eigenvalue weighted by molar-refractivity contribution is -0.159. The summed E-state index contributed by atoms with van der Waals surface area (Å²) in [6.07, 6.45) is 2.75. The Hall–Kier alpha value is -3.23. The van der Waals surface area contributed by atoms with Gasteiger partial charge in [-0.3, -0.25) is 0 Å². The number of carboxylic acids is 1. The number of hydrogen-bond acceptors (Lipinski definition) is 7. The van der Waals surface area contributed by atoms with Gasteiger partial charge in [-0.2, -0.15) is 4.98 Å². The Morgan fingerprint density at radius 2 is 1.97 bits per heavy atom. The van der Waals surface area contributed by atoms with Crippen molar-refractivity contribution < 1.29 is 23.9 Å². The smallest absolute Gasteiger partial charge is 0.333 e. The van der Waals surface area contributed by atoms with Crippen LogP contribution in [-0.4, -0.2) is 47.0 Å². The molecule has 0 radical (unpaired) electrons. The number of aliphatic carboxylic acids is 1. The molecule has 1 saturated heterocycles. The predicted octanol–water partition coefficient (Wildman–Crippen LogP) is 5.94. The molecule has 0 spiro atoms. The van der Waals surface area contributed by atoms with Crippen LogP contribution >= 0.6 is 0 Å². The molecule has 1 N–H and O–H groups in total. The first kappa shape index (κ1) is 26.8. The van der Waals surface area contributed by atoms with Gasteiger partial charge in [0.15, 0.2) is 6.10 Å². The van der Waals surface area contributed by atoms with Crippen LogP contribution in [0, 0.1) is 5.41 Å². The number of carbonyl (C=O) groups is 1. The average molecular weight is 508 g/mol. The van der Waals surface area contributed by atoms with Crippen molar-refractivity contribution in [2.75, 3.05) is 18.6 Å². The second-order valence-electron chi connectivity index (χ2n) is 10.8. The Morgan fingerprint density at radius 3 is 2.68 bits per heavy atom. The standard InChI is InChI=1S/C29H37N3O5/c1-19-9-6-7-14-32(19)24-13-12-22(16-23(24)18-35-5)27-30-26(31-37-27)21-11-8-10-20(15-21)17-36-25(28(33)34)29(2,3)4/h8,10-13,15-16,19,25H,6-7,9,14,17-18H2,1-5H3,(H,33,34). The van der Waals surface area contributed by atoms with Gasteiger partial charge in [0.1, 0.15) is 0 Å². The first-order valence-corrected chi connectivity index (χ1v) is 12.8. The van der Waals surface area contributed by atoms with Crippen molar-refractivity contribution in [2.45, 2.75) is 72.3 Å². The molecule has 2 aromatic carbocycles. The summed E-state index contributed by atoms with van der Waals surface area (Å²) in [5.41, 5.74) is 4.22. The third-order valence-corrected chi connectivity index (χ3v) is 6.78. The SMILES string of the molecule is COCc1cc(-c2nc(-c3cccc(COC(C(=O)O)C(C)(C)C)c3)no2)ccc1N1CCCCC1C. The van der Waals surface area contributed by atoms with Crippen molar-refractivity contribution in [2.24, 2.45) is 5.41 Å². The van der Waals surface area contributed by atoms with Gasteiger partial charge in [-0.25, -0.2) is 4.79 Å². The Kier molecular flexibility index (Phi) is 8.29. The van der Waals surface area contributed by atoms with Gasteiger partial charge >= 0.3 is 5.97 Å². The van der Waals surface area contributed by atoms with Crippen LogP contribution in [0.25, 0.3) is 22.8 Å². The number of methoxy groups -OCH3 is 1. The van der Waals surface area contributed by atoms with E-state index in [0.717, 1.165) is 28.8 Å². The normalized spacial score (nSPS) is 17.1. The van der Waals surface area contributed by atoms with Crippen LogP contribution in [0.5, 0.6) is 0 Å². The predicted molar refractivity (Wildman–Crippen MR) is 142 cm³/mol. The molecule has 0 bridgehead atoms. The minimum absolute atomic E-state index is 0.170. The van der Waals surface area contributed by atoms with Gasteiger partial charge in [-0.15, -0.1) is 0 Å². The Bertz CT molecular complexity index is 1220. The number of aromatic nitrogens is 2. The summed E-state index contributed by atoms with van der Waals surface area (Å²) in [6.45, 7) is 9.54. The van der Waals surface area contributed by atoms with Gasteiger partial charge < -0.3 is 24.0 Å². The molecule has 1 aliphatic heterocycles. The zero-order valence-electron chi connectivity index (χ0n) is 22.4. The molecule has 2 heterocycles. The molecule has 4 rings (SSSR count). The maximum absolute atomic E-state index is 11.6. The first-order chi connectivity index (χ1) is 17.7. The van der Waals surface area contributed by atoms with Gasteiger partial charge in [0, 0.05) is 42.1 Å². The third-order valence-electron chi connectivity index (χ3n) is 6.78. The summed E-state index contributed by atoms with van der Waals surface area (Å²) in [6, 6.07) is 14.3. The summed E-state index contributed by atoms with van der Waals surface area (Å²) < 4.78 is 16.9. The van der Waals surface area contributed by atoms with Crippen LogP contribution in [0.4, 0.5) is 5.69 Å². The molecule has 1 fully saturated rings. The fourth-order valence-corrected chi connectivity index (χ4v) is 4.86. The van der Waals surface area contributed by atoms with Crippen molar-refractivity contribution in [3.63, 3.8) is 0 Å². The van der Waals surface area contributed by atoms with Crippen molar-refractivity contribution in [3.8, 4) is 22.8 Å². The third kappa shape index (κ3) is 6.37. The van der Waals surface area contributed by atoms with Gasteiger partial charge in [-0.05, 0) is 61.4 Å². The van der Waals surface area contributed by atoms with Crippen LogP contribution in [-0.2, 0) is 27.5 Å². The van der Waals surface area contributed by atoms with Crippen LogP contribution in [0.15, 0.2) is 47.0 Å². The lowest BCUT2D eigenvalue weighted by Crippen LogP contribution is -2.38. The molecular weight excluding hydrogens is 470 g/mol. The van der Waals surface area contributed by atoms with E-state index in [0.29, 0.717) is 24.4 Å². The maximum Gasteiger partial charge on any atom is 0.333 e. The van der Waals surface area contributed by atoms with E-state index in [1.54, 1.807) is 7.11 Å². The molecule has 2 unspecified atom stereocenters. The number of piperidine rings is 1. The summed E-state index contributed by atoms with van der Waals surface area (Å²) in [4.78, 5) is 18.7. The van der Waals surface area contributed by atoms with E-state index in [1.165, 1.54) is 24.9 Å². The number of nitrogens with zero attached hydrogens (tertiary/aromatic N) is 3. The molecular formula is C29H37N3O5. The van der Waals surface area contributed by atoms with Crippen molar-refractivity contribution in [1.82, 2.24) is 10.1 Å². The van der Waals surface area contributed by atoms with E-state index < -0.39 is 17.5 Å². The van der Waals surface area contributed by atoms with Gasteiger partial charge in [0.05, 0.1) is 13.2 Å². The molecule has 8 nitrogen and oxygen atoms in total. The highest BCUT2D eigenvalue weighted by atomic mass is 16.5. The van der Waals surface area contributed by atoms with Crippen LogP contribution in [0.2, 0.25) is 0 Å². The Morgan fingerprint density at radius 1 is 1.16 bits per heavy atom. The number of hydrogen-bond donors (Lipinski definition) is 1. The van der Waals surface area contributed by atoms with E-state index in [1.807, 2.05) is 51.1 Å². The summed E-state index contributed by atoms with van der Waals surface area (Å²) >= 11 is 0. The monoisotopic (exact) mass is 507 g/mol. The minimum Gasteiger partial charge on any atom is -0.479 e. The van der Waals surface area contributed by atoms with E-state index in [2.05, 4.69) is 34.1 Å². The summed E-state index contributed by atoms with van der Waals surface area (Å²) in [5.74, 6) is -0.0736. The average Bonchev–Trinajstić information content (AvgIpc) is 3.35. The lowest BCUT2D eigenvalue weighted by atomic mass is 9.89. The minimum atomic E-state index is -0.972. The Balaban J connectivity index is 1.54. The largest absolute Gasteiger partial charge is 0.479 e. The number of anilines is 1. The van der Waals surface area contributed by atoms with Crippen molar-refractivity contribution in [3.05, 3.63) is 53.6 Å². The number of carboxylic acid groups (broad SMARTS) is 1. The second kappa shape index (κ2) is 11.4. The van der Waals surface area contributed by atoms with Gasteiger partial charge in [0.25, 0.3) is 5.89 Å². The van der Waals surface area contributed by atoms with E-state index in [4.69, 9.17) is 14.0 Å². The van der Waals surface area contributed by atoms with Crippen molar-refractivity contribution in [1.29, 1.82) is 0 Å². The second-order valence-corrected chi connectivity index (χ2v) is 10.8. The summed E-state index contributed by atoms with van der Waals surface area (Å²) in [5, 5.41) is 13.7. The molecule has 1 aliphatic rings. The van der Waals surface area contributed by atoms with Crippen LogP contribution in [0.3, 0.4) is 0 Å². The maximum atomic E-state index is 11.6. The van der Waals surface area contributed by atoms with Gasteiger partial charge in [-0.1, -0.05) is 44.1 Å². The highest BCUT2D eigenvalue weighted by Crippen LogP contribution is 2.32. The number of rotatable bonds is 9. The van der Waals surface area contributed by atoms with E-state index >= 15 is 0 Å². The fraction of sp³-hybridized carbons (Fsp3) is 0.483. The van der Waals surface area contributed by atoms with Gasteiger partial charge in [0.2, 0.25) is 5.82 Å². The first-order valence-electron chi connectivity index (χ1n) is 12.8. The fourth-order valence-electron chi connectivity index (χ4n) is 4.86. The van der Waals surface area contributed by atoms with E-state index in [-0.39, 0.29) is 6.61 Å². The quantitative estimate of drug-likeness (QED) is 0.380. The van der Waals surface area contributed by atoms with Crippen molar-refractivity contribution >= 4 is 11.7 Å². The summed E-state index contributed by atoms with van der Waals surface area (Å²) in [7, 11) is 1.71. The molecule has 0 aliphatic carbocycles. The molecule has 198 valence electrons. The topological polar surface area (TPSA) is 97.9 Å². The zero-order valence-corrected chi connectivity index (χ0v) is 22.4. The number of ether oxygens (including phenoxy) is 2. The van der Waals surface area contributed by atoms with Crippen LogP contribution < -0.4 is 4.90 Å². The number of benzene rings is 2. The molecule has 37 heavy (non-hydrogen) atoms. The molecule has 3 aromatic rings. The molecule has 1 aromatic heterocycles. The molecule has 8 heteroatoms. The van der Waals surface area contributed by atoms with E-state index in [9.17, 15) is 9.90 Å².